The van der Waals surface area contributed by atoms with Crippen LogP contribution in [0.15, 0.2) is 6.33 Å². The minimum Gasteiger partial charge on any atom is -0.315 e. The molecule has 1 aliphatic heterocycles. The molecule has 1 saturated carbocycles. The quantitative estimate of drug-likeness (QED) is 0.880. The number of nitrogens with zero attached hydrogens (tertiary/aromatic N) is 5. The Balaban J connectivity index is 1.57. The summed E-state index contributed by atoms with van der Waals surface area (Å²) in [5, 5.41) is 21.2. The van der Waals surface area contributed by atoms with E-state index in [1.807, 2.05) is 6.33 Å². The average Bonchev–Trinajstić information content (AvgIpc) is 3.12. The van der Waals surface area contributed by atoms with Crippen LogP contribution in [0.25, 0.3) is 0 Å². The molecule has 1 aliphatic carbocycles. The highest BCUT2D eigenvalue weighted by atomic mass is 15.3. The van der Waals surface area contributed by atoms with Crippen molar-refractivity contribution < 1.29 is 0 Å². The Hall–Kier alpha value is -1.45. The number of rotatable bonds is 5. The Morgan fingerprint density at radius 2 is 2.43 bits per heavy atom. The third kappa shape index (κ3) is 2.81. The van der Waals surface area contributed by atoms with Crippen molar-refractivity contribution in [1.82, 2.24) is 25.0 Å². The Morgan fingerprint density at radius 1 is 1.52 bits per heavy atom. The lowest BCUT2D eigenvalue weighted by Crippen LogP contribution is -2.48. The zero-order valence-electron chi connectivity index (χ0n) is 12.8. The van der Waals surface area contributed by atoms with Gasteiger partial charge in [-0.2, -0.15) is 5.26 Å². The lowest BCUT2D eigenvalue weighted by atomic mass is 9.85. The lowest BCUT2D eigenvalue weighted by molar-refractivity contribution is 0.187. The second-order valence-electron chi connectivity index (χ2n) is 6.21. The number of fused-ring (bicyclic) bond motifs is 1. The van der Waals surface area contributed by atoms with Crippen LogP contribution in [0.5, 0.6) is 0 Å². The molecule has 0 saturated heterocycles. The molecule has 2 atom stereocenters. The van der Waals surface area contributed by atoms with Gasteiger partial charge in [-0.05, 0) is 38.3 Å². The normalized spacial score (nSPS) is 29.2. The van der Waals surface area contributed by atoms with Crippen LogP contribution >= 0.6 is 0 Å². The summed E-state index contributed by atoms with van der Waals surface area (Å²) in [6.45, 7) is 6.92. The predicted octanol–water partition coefficient (Wildman–Crippen LogP) is 1.16. The molecule has 2 unspecified atom stereocenters. The maximum absolute atomic E-state index is 9.61. The molecule has 2 heterocycles. The van der Waals surface area contributed by atoms with Gasteiger partial charge in [0.15, 0.2) is 0 Å². The van der Waals surface area contributed by atoms with Crippen molar-refractivity contribution in [3.63, 3.8) is 0 Å². The first-order valence-electron chi connectivity index (χ1n) is 8.03. The number of nitrogens with one attached hydrogen (secondary N) is 1. The molecule has 0 bridgehead atoms. The predicted molar refractivity (Wildman–Crippen MR) is 79.3 cm³/mol. The zero-order chi connectivity index (χ0) is 14.7. The first-order chi connectivity index (χ1) is 10.3. The standard InChI is InChI=1S/C15H24N6/c1-2-17-15(11-16)6-3-4-13(15)5-7-20-8-9-21-12-18-19-14(21)10-20/h12-13,17H,2-10H2,1H3. The minimum absolute atomic E-state index is 0.287. The molecular weight excluding hydrogens is 264 g/mol. The summed E-state index contributed by atoms with van der Waals surface area (Å²) >= 11 is 0. The highest BCUT2D eigenvalue weighted by Gasteiger charge is 2.42. The van der Waals surface area contributed by atoms with Gasteiger partial charge in [0.05, 0.1) is 12.6 Å². The molecule has 1 aromatic rings. The fourth-order valence-electron chi connectivity index (χ4n) is 3.85. The second-order valence-corrected chi connectivity index (χ2v) is 6.21. The van der Waals surface area contributed by atoms with Crippen LogP contribution in [-0.2, 0) is 13.1 Å². The van der Waals surface area contributed by atoms with Crippen LogP contribution in [0.3, 0.4) is 0 Å². The maximum Gasteiger partial charge on any atom is 0.147 e. The summed E-state index contributed by atoms with van der Waals surface area (Å²) in [7, 11) is 0. The first-order valence-corrected chi connectivity index (χ1v) is 8.03. The van der Waals surface area contributed by atoms with E-state index in [0.29, 0.717) is 5.92 Å². The van der Waals surface area contributed by atoms with Gasteiger partial charge in [-0.3, -0.25) is 10.2 Å². The molecule has 114 valence electrons. The number of nitriles is 1. The molecule has 6 heteroatoms. The molecule has 0 spiro atoms. The molecule has 0 radical (unpaired) electrons. The monoisotopic (exact) mass is 288 g/mol. The first kappa shape index (κ1) is 14.5. The zero-order valence-corrected chi connectivity index (χ0v) is 12.8. The summed E-state index contributed by atoms with van der Waals surface area (Å²) < 4.78 is 2.13. The number of aromatic nitrogens is 3. The average molecular weight is 288 g/mol. The summed E-state index contributed by atoms with van der Waals surface area (Å²) in [5.74, 6) is 1.54. The van der Waals surface area contributed by atoms with Crippen LogP contribution < -0.4 is 5.32 Å². The third-order valence-electron chi connectivity index (χ3n) is 5.02. The molecule has 1 fully saturated rings. The fraction of sp³-hybridized carbons (Fsp3) is 0.800. The van der Waals surface area contributed by atoms with Gasteiger partial charge in [0.2, 0.25) is 0 Å². The van der Waals surface area contributed by atoms with Crippen LogP contribution in [0.1, 0.15) is 38.4 Å². The highest BCUT2D eigenvalue weighted by molar-refractivity contribution is 5.14. The number of hydrogen-bond donors (Lipinski definition) is 1. The largest absolute Gasteiger partial charge is 0.315 e. The fourth-order valence-corrected chi connectivity index (χ4v) is 3.85. The summed E-state index contributed by atoms with van der Waals surface area (Å²) in [6, 6.07) is 2.57. The van der Waals surface area contributed by atoms with E-state index in [1.165, 1.54) is 12.8 Å². The second kappa shape index (κ2) is 6.12. The van der Waals surface area contributed by atoms with E-state index in [-0.39, 0.29) is 5.54 Å². The van der Waals surface area contributed by atoms with Crippen LogP contribution in [-0.4, -0.2) is 44.8 Å². The van der Waals surface area contributed by atoms with Crippen molar-refractivity contribution in [1.29, 1.82) is 5.26 Å². The van der Waals surface area contributed by atoms with E-state index in [1.54, 1.807) is 0 Å². The van der Waals surface area contributed by atoms with Crippen molar-refractivity contribution >= 4 is 0 Å². The molecule has 3 rings (SSSR count). The SMILES string of the molecule is CCNC1(C#N)CCCC1CCN1CCn2cnnc2C1. The van der Waals surface area contributed by atoms with Crippen molar-refractivity contribution in [2.45, 2.75) is 51.2 Å². The topological polar surface area (TPSA) is 69.8 Å². The van der Waals surface area contributed by atoms with Crippen molar-refractivity contribution in [2.75, 3.05) is 19.6 Å². The van der Waals surface area contributed by atoms with E-state index >= 15 is 0 Å². The molecular formula is C15H24N6. The lowest BCUT2D eigenvalue weighted by Gasteiger charge is -2.32. The smallest absolute Gasteiger partial charge is 0.147 e. The maximum atomic E-state index is 9.61. The molecule has 1 aromatic heterocycles. The third-order valence-corrected chi connectivity index (χ3v) is 5.02. The van der Waals surface area contributed by atoms with Gasteiger partial charge in [-0.25, -0.2) is 0 Å². The van der Waals surface area contributed by atoms with Crippen molar-refractivity contribution in [2.24, 2.45) is 5.92 Å². The van der Waals surface area contributed by atoms with E-state index in [0.717, 1.165) is 51.4 Å². The Morgan fingerprint density at radius 3 is 3.24 bits per heavy atom. The summed E-state index contributed by atoms with van der Waals surface area (Å²) in [5.41, 5.74) is -0.287. The molecule has 2 aliphatic rings. The van der Waals surface area contributed by atoms with Gasteiger partial charge in [0.1, 0.15) is 17.7 Å². The summed E-state index contributed by atoms with van der Waals surface area (Å²) in [4.78, 5) is 2.44. The Kier molecular flexibility index (Phi) is 4.22. The van der Waals surface area contributed by atoms with Gasteiger partial charge in [-0.1, -0.05) is 13.3 Å². The van der Waals surface area contributed by atoms with Gasteiger partial charge in [0, 0.05) is 13.1 Å². The van der Waals surface area contributed by atoms with Crippen molar-refractivity contribution in [3.05, 3.63) is 12.2 Å². The van der Waals surface area contributed by atoms with E-state index in [9.17, 15) is 5.26 Å². The van der Waals surface area contributed by atoms with Crippen LogP contribution in [0.4, 0.5) is 0 Å². The van der Waals surface area contributed by atoms with E-state index < -0.39 is 0 Å². The van der Waals surface area contributed by atoms with E-state index in [2.05, 4.69) is 38.0 Å². The van der Waals surface area contributed by atoms with Crippen molar-refractivity contribution in [3.8, 4) is 6.07 Å². The van der Waals surface area contributed by atoms with Gasteiger partial charge in [-0.15, -0.1) is 10.2 Å². The summed E-state index contributed by atoms with van der Waals surface area (Å²) in [6.07, 6.45) is 6.24. The Labute approximate surface area is 126 Å². The molecule has 0 amide bonds. The molecule has 1 N–H and O–H groups in total. The molecule has 6 nitrogen and oxygen atoms in total. The Bertz CT molecular complexity index is 518. The van der Waals surface area contributed by atoms with E-state index in [4.69, 9.17) is 0 Å². The minimum atomic E-state index is -0.287. The van der Waals surface area contributed by atoms with Crippen LogP contribution in [0.2, 0.25) is 0 Å². The number of hydrogen-bond acceptors (Lipinski definition) is 5. The van der Waals surface area contributed by atoms with Gasteiger partial charge >= 0.3 is 0 Å². The van der Waals surface area contributed by atoms with Gasteiger partial charge < -0.3 is 4.57 Å². The van der Waals surface area contributed by atoms with Gasteiger partial charge in [0.25, 0.3) is 0 Å². The molecule has 0 aromatic carbocycles. The molecule has 21 heavy (non-hydrogen) atoms. The van der Waals surface area contributed by atoms with Crippen LogP contribution in [0, 0.1) is 17.2 Å². The highest BCUT2D eigenvalue weighted by Crippen LogP contribution is 2.37.